The van der Waals surface area contributed by atoms with Gasteiger partial charge in [-0.2, -0.15) is 18.3 Å². The molecule has 0 radical (unpaired) electrons. The third-order valence-electron chi connectivity index (χ3n) is 5.26. The van der Waals surface area contributed by atoms with Crippen molar-refractivity contribution in [2.75, 3.05) is 24.2 Å². The quantitative estimate of drug-likeness (QED) is 0.754. The van der Waals surface area contributed by atoms with E-state index in [0.29, 0.717) is 17.9 Å². The van der Waals surface area contributed by atoms with E-state index in [4.69, 9.17) is 0 Å². The van der Waals surface area contributed by atoms with Gasteiger partial charge in [0.1, 0.15) is 5.82 Å². The standard InChI is InChI=1S/C17H17F3N4O3S/c1-28(26,27)24-9-7-16(15(24)25)10-22(14-6-8-21-23(14)11-16)13-4-2-12(3-5-13)17(18,19)20/h2-6,8H,7,9-11H2,1H3/t16-/m1/s1. The van der Waals surface area contributed by atoms with E-state index in [2.05, 4.69) is 5.10 Å². The van der Waals surface area contributed by atoms with Gasteiger partial charge in [0.05, 0.1) is 30.0 Å². The van der Waals surface area contributed by atoms with Crippen LogP contribution in [0.3, 0.4) is 0 Å². The maximum atomic E-state index is 13.0. The van der Waals surface area contributed by atoms with Gasteiger partial charge < -0.3 is 4.90 Å². The number of carbonyl (C=O) groups is 1. The largest absolute Gasteiger partial charge is 0.416 e. The Morgan fingerprint density at radius 2 is 1.79 bits per heavy atom. The highest BCUT2D eigenvalue weighted by Gasteiger charge is 2.53. The number of hydrogen-bond donors (Lipinski definition) is 0. The summed E-state index contributed by atoms with van der Waals surface area (Å²) in [5.74, 6) is 0.129. The molecule has 1 aromatic heterocycles. The molecule has 4 rings (SSSR count). The highest BCUT2D eigenvalue weighted by molar-refractivity contribution is 7.88. The zero-order chi connectivity index (χ0) is 20.3. The van der Waals surface area contributed by atoms with Crippen molar-refractivity contribution in [1.29, 1.82) is 0 Å². The first-order valence-electron chi connectivity index (χ1n) is 8.50. The summed E-state index contributed by atoms with van der Waals surface area (Å²) in [4.78, 5) is 14.7. The van der Waals surface area contributed by atoms with Crippen molar-refractivity contribution >= 4 is 27.4 Å². The molecule has 150 valence electrons. The molecule has 0 bridgehead atoms. The lowest BCUT2D eigenvalue weighted by atomic mass is 9.84. The number of halogens is 3. The average Bonchev–Trinajstić information content (AvgIpc) is 3.19. The molecule has 2 aromatic rings. The van der Waals surface area contributed by atoms with E-state index in [1.54, 1.807) is 21.8 Å². The smallest absolute Gasteiger partial charge is 0.325 e. The molecule has 1 saturated heterocycles. The number of nitrogens with zero attached hydrogens (tertiary/aromatic N) is 4. The summed E-state index contributed by atoms with van der Waals surface area (Å²) in [6.45, 7) is 0.460. The van der Waals surface area contributed by atoms with Crippen LogP contribution in [-0.2, 0) is 27.5 Å². The second-order valence-electron chi connectivity index (χ2n) is 7.15. The molecule has 1 fully saturated rings. The first-order chi connectivity index (χ1) is 13.0. The summed E-state index contributed by atoms with van der Waals surface area (Å²) >= 11 is 0. The topological polar surface area (TPSA) is 75.5 Å². The van der Waals surface area contributed by atoms with E-state index < -0.39 is 33.1 Å². The van der Waals surface area contributed by atoms with E-state index >= 15 is 0 Å². The van der Waals surface area contributed by atoms with Gasteiger partial charge >= 0.3 is 6.18 Å². The number of benzene rings is 1. The van der Waals surface area contributed by atoms with Crippen LogP contribution in [0.25, 0.3) is 0 Å². The first kappa shape index (κ1) is 18.8. The number of hydrogen-bond acceptors (Lipinski definition) is 5. The Hall–Kier alpha value is -2.56. The monoisotopic (exact) mass is 414 g/mol. The molecule has 3 heterocycles. The van der Waals surface area contributed by atoms with Crippen molar-refractivity contribution in [1.82, 2.24) is 14.1 Å². The third-order valence-corrected chi connectivity index (χ3v) is 6.41. The molecule has 0 unspecified atom stereocenters. The van der Waals surface area contributed by atoms with Gasteiger partial charge in [0.25, 0.3) is 0 Å². The van der Waals surface area contributed by atoms with Gasteiger partial charge in [-0.05, 0) is 30.7 Å². The van der Waals surface area contributed by atoms with Gasteiger partial charge in [-0.25, -0.2) is 17.4 Å². The molecular formula is C17H17F3N4O3S. The molecule has 11 heteroatoms. The molecule has 1 spiro atoms. The predicted molar refractivity (Wildman–Crippen MR) is 94.3 cm³/mol. The fraction of sp³-hybridized carbons (Fsp3) is 0.412. The minimum absolute atomic E-state index is 0.0785. The molecule has 7 nitrogen and oxygen atoms in total. The summed E-state index contributed by atoms with van der Waals surface area (Å²) in [5, 5.41) is 4.20. The summed E-state index contributed by atoms with van der Waals surface area (Å²) < 4.78 is 64.9. The lowest BCUT2D eigenvalue weighted by Crippen LogP contribution is -2.49. The lowest BCUT2D eigenvalue weighted by molar-refractivity contribution is -0.137. The maximum Gasteiger partial charge on any atom is 0.416 e. The van der Waals surface area contributed by atoms with Crippen molar-refractivity contribution in [3.8, 4) is 0 Å². The Balaban J connectivity index is 1.73. The number of alkyl halides is 3. The zero-order valence-corrected chi connectivity index (χ0v) is 15.7. The van der Waals surface area contributed by atoms with Crippen LogP contribution in [0.5, 0.6) is 0 Å². The van der Waals surface area contributed by atoms with Crippen LogP contribution in [0.15, 0.2) is 36.5 Å². The van der Waals surface area contributed by atoms with E-state index in [1.165, 1.54) is 12.1 Å². The van der Waals surface area contributed by atoms with Crippen molar-refractivity contribution in [2.24, 2.45) is 5.41 Å². The number of carbonyl (C=O) groups excluding carboxylic acids is 1. The van der Waals surface area contributed by atoms with Gasteiger partial charge in [0.2, 0.25) is 15.9 Å². The number of rotatable bonds is 2. The Morgan fingerprint density at radius 3 is 2.36 bits per heavy atom. The van der Waals surface area contributed by atoms with Crippen LogP contribution in [-0.4, -0.2) is 47.8 Å². The number of anilines is 2. The van der Waals surface area contributed by atoms with E-state index in [1.807, 2.05) is 0 Å². The van der Waals surface area contributed by atoms with Crippen LogP contribution < -0.4 is 4.90 Å². The van der Waals surface area contributed by atoms with Gasteiger partial charge in [-0.1, -0.05) is 0 Å². The Morgan fingerprint density at radius 1 is 1.11 bits per heavy atom. The number of sulfonamides is 1. The van der Waals surface area contributed by atoms with Gasteiger partial charge in [0, 0.05) is 24.8 Å². The molecule has 28 heavy (non-hydrogen) atoms. The minimum Gasteiger partial charge on any atom is -0.325 e. The highest BCUT2D eigenvalue weighted by Crippen LogP contribution is 2.43. The molecule has 2 aliphatic rings. The van der Waals surface area contributed by atoms with E-state index in [0.717, 1.165) is 22.7 Å². The predicted octanol–water partition coefficient (Wildman–Crippen LogP) is 2.23. The average molecular weight is 414 g/mol. The first-order valence-corrected chi connectivity index (χ1v) is 10.3. The van der Waals surface area contributed by atoms with Gasteiger partial charge in [-0.3, -0.25) is 4.79 Å². The minimum atomic E-state index is -4.44. The van der Waals surface area contributed by atoms with Crippen LogP contribution in [0.1, 0.15) is 12.0 Å². The Kier molecular flexibility index (Phi) is 4.00. The summed E-state index contributed by atoms with van der Waals surface area (Å²) in [7, 11) is -3.68. The molecular weight excluding hydrogens is 397 g/mol. The lowest BCUT2D eigenvalue weighted by Gasteiger charge is -2.40. The normalized spacial score (nSPS) is 22.8. The summed E-state index contributed by atoms with van der Waals surface area (Å²) in [5.41, 5.74) is -1.30. The molecule has 2 aliphatic heterocycles. The van der Waals surface area contributed by atoms with Crippen LogP contribution >= 0.6 is 0 Å². The Labute approximate surface area is 159 Å². The fourth-order valence-corrected chi connectivity index (χ4v) is 4.77. The summed E-state index contributed by atoms with van der Waals surface area (Å²) in [6.07, 6.45) is -1.60. The molecule has 0 saturated carbocycles. The van der Waals surface area contributed by atoms with Crippen LogP contribution in [0.4, 0.5) is 24.7 Å². The molecule has 0 N–H and O–H groups in total. The zero-order valence-electron chi connectivity index (χ0n) is 14.8. The number of fused-ring (bicyclic) bond motifs is 1. The second kappa shape index (κ2) is 5.97. The molecule has 0 aliphatic carbocycles. The van der Waals surface area contributed by atoms with Gasteiger partial charge in [-0.15, -0.1) is 0 Å². The van der Waals surface area contributed by atoms with E-state index in [9.17, 15) is 26.4 Å². The fourth-order valence-electron chi connectivity index (χ4n) is 3.85. The molecule has 1 atom stereocenters. The summed E-state index contributed by atoms with van der Waals surface area (Å²) in [6, 6.07) is 6.35. The SMILES string of the molecule is CS(=O)(=O)N1CC[C@]2(CN(c3ccc(C(F)(F)F)cc3)c3ccnn3C2)C1=O. The molecule has 1 aromatic carbocycles. The molecule has 1 amide bonds. The van der Waals surface area contributed by atoms with Crippen molar-refractivity contribution < 1.29 is 26.4 Å². The highest BCUT2D eigenvalue weighted by atomic mass is 32.2. The van der Waals surface area contributed by atoms with Crippen molar-refractivity contribution in [2.45, 2.75) is 19.1 Å². The van der Waals surface area contributed by atoms with Crippen molar-refractivity contribution in [3.63, 3.8) is 0 Å². The number of aromatic nitrogens is 2. The van der Waals surface area contributed by atoms with Crippen LogP contribution in [0.2, 0.25) is 0 Å². The van der Waals surface area contributed by atoms with Crippen molar-refractivity contribution in [3.05, 3.63) is 42.1 Å². The number of amides is 1. The van der Waals surface area contributed by atoms with E-state index in [-0.39, 0.29) is 19.6 Å². The maximum absolute atomic E-state index is 13.0. The van der Waals surface area contributed by atoms with Crippen LogP contribution in [0, 0.1) is 5.41 Å². The third kappa shape index (κ3) is 2.93. The Bertz CT molecular complexity index is 1030. The van der Waals surface area contributed by atoms with Gasteiger partial charge in [0.15, 0.2) is 0 Å². The second-order valence-corrected chi connectivity index (χ2v) is 9.06.